The predicted octanol–water partition coefficient (Wildman–Crippen LogP) is 2.60. The summed E-state index contributed by atoms with van der Waals surface area (Å²) in [5.41, 5.74) is 0.660. The van der Waals surface area contributed by atoms with Crippen LogP contribution in [-0.4, -0.2) is 37.6 Å². The van der Waals surface area contributed by atoms with Gasteiger partial charge in [0, 0.05) is 11.1 Å². The number of methoxy groups -OCH3 is 1. The van der Waals surface area contributed by atoms with Gasteiger partial charge in [0.15, 0.2) is 6.61 Å². The molecule has 1 aromatic rings. The monoisotopic (exact) mass is 367 g/mol. The number of halogens is 1. The Bertz CT molecular complexity index is 644. The molecule has 0 aliphatic heterocycles. The van der Waals surface area contributed by atoms with E-state index in [1.807, 2.05) is 13.8 Å². The number of carbonyl (C=O) groups excluding carboxylic acids is 3. The second-order valence-corrected chi connectivity index (χ2v) is 5.82. The van der Waals surface area contributed by atoms with Crippen molar-refractivity contribution in [1.29, 1.82) is 0 Å². The lowest BCUT2D eigenvalue weighted by Gasteiger charge is -2.21. The highest BCUT2D eigenvalue weighted by Gasteiger charge is 2.26. The van der Waals surface area contributed by atoms with Crippen molar-refractivity contribution in [2.24, 2.45) is 5.92 Å². The van der Waals surface area contributed by atoms with Gasteiger partial charge < -0.3 is 14.8 Å². The van der Waals surface area contributed by atoms with Gasteiger partial charge in [-0.05, 0) is 23.6 Å². The Morgan fingerprint density at radius 3 is 2.56 bits per heavy atom. The first-order chi connectivity index (χ1) is 11.9. The molecule has 136 valence electrons. The van der Waals surface area contributed by atoms with Crippen LogP contribution in [0.1, 0.15) is 25.8 Å². The minimum absolute atomic E-state index is 0.104. The van der Waals surface area contributed by atoms with Crippen LogP contribution in [0, 0.1) is 5.92 Å². The first kappa shape index (κ1) is 20.7. The van der Waals surface area contributed by atoms with Crippen LogP contribution in [0.4, 0.5) is 0 Å². The van der Waals surface area contributed by atoms with Gasteiger partial charge in [0.05, 0.1) is 7.11 Å². The van der Waals surface area contributed by atoms with Crippen molar-refractivity contribution in [2.75, 3.05) is 13.7 Å². The summed E-state index contributed by atoms with van der Waals surface area (Å²) < 4.78 is 9.54. The topological polar surface area (TPSA) is 81.7 Å². The lowest BCUT2D eigenvalue weighted by atomic mass is 9.99. The van der Waals surface area contributed by atoms with E-state index in [-0.39, 0.29) is 5.92 Å². The summed E-state index contributed by atoms with van der Waals surface area (Å²) in [6.45, 7) is 3.22. The van der Waals surface area contributed by atoms with Crippen molar-refractivity contribution in [2.45, 2.75) is 26.3 Å². The fraction of sp³-hybridized carbons (Fsp3) is 0.389. The Morgan fingerprint density at radius 1 is 1.28 bits per heavy atom. The third-order valence-corrected chi connectivity index (χ3v) is 3.98. The van der Waals surface area contributed by atoms with Crippen molar-refractivity contribution in [3.05, 3.63) is 40.9 Å². The molecule has 0 saturated heterocycles. The van der Waals surface area contributed by atoms with Crippen molar-refractivity contribution < 1.29 is 23.9 Å². The fourth-order valence-electron chi connectivity index (χ4n) is 1.96. The summed E-state index contributed by atoms with van der Waals surface area (Å²) >= 11 is 5.97. The van der Waals surface area contributed by atoms with E-state index in [0.29, 0.717) is 17.0 Å². The van der Waals surface area contributed by atoms with E-state index in [4.69, 9.17) is 16.3 Å². The van der Waals surface area contributed by atoms with Crippen LogP contribution in [0.3, 0.4) is 0 Å². The van der Waals surface area contributed by atoms with Crippen LogP contribution >= 0.6 is 11.6 Å². The summed E-state index contributed by atoms with van der Waals surface area (Å²) in [4.78, 5) is 35.3. The lowest BCUT2D eigenvalue weighted by molar-refractivity contribution is -0.148. The van der Waals surface area contributed by atoms with Crippen molar-refractivity contribution in [1.82, 2.24) is 5.32 Å². The van der Waals surface area contributed by atoms with E-state index in [9.17, 15) is 14.4 Å². The molecule has 1 rings (SSSR count). The summed E-state index contributed by atoms with van der Waals surface area (Å²) in [6.07, 6.45) is 3.36. The Hall–Kier alpha value is -2.34. The maximum absolute atomic E-state index is 11.9. The van der Waals surface area contributed by atoms with Crippen LogP contribution < -0.4 is 5.32 Å². The van der Waals surface area contributed by atoms with Gasteiger partial charge in [0.1, 0.15) is 6.04 Å². The molecule has 6 nitrogen and oxygen atoms in total. The van der Waals surface area contributed by atoms with Crippen LogP contribution in [0.25, 0.3) is 6.08 Å². The van der Waals surface area contributed by atoms with Gasteiger partial charge in [-0.2, -0.15) is 0 Å². The highest BCUT2D eigenvalue weighted by atomic mass is 35.5. The van der Waals surface area contributed by atoms with E-state index < -0.39 is 30.5 Å². The molecule has 1 aromatic carbocycles. The molecule has 0 bridgehead atoms. The van der Waals surface area contributed by atoms with Gasteiger partial charge in [-0.25, -0.2) is 9.59 Å². The molecular formula is C18H22ClNO5. The Kier molecular flexibility index (Phi) is 8.70. The highest BCUT2D eigenvalue weighted by molar-refractivity contribution is 6.32. The molecule has 2 atom stereocenters. The Labute approximate surface area is 152 Å². The van der Waals surface area contributed by atoms with E-state index in [1.54, 1.807) is 24.3 Å². The molecule has 1 N–H and O–H groups in total. The maximum atomic E-state index is 11.9. The number of amides is 1. The standard InChI is InChI=1S/C18H22ClNO5/c1-4-12(2)17(18(23)24-3)20-15(21)11-25-16(22)10-9-13-7-5-6-8-14(13)19/h5-10,12,17H,4,11H2,1-3H3,(H,20,21)/b10-9+/t12-,17-/m0/s1. The second kappa shape index (κ2) is 10.5. The Balaban J connectivity index is 2.53. The number of ether oxygens (including phenoxy) is 2. The van der Waals surface area contributed by atoms with E-state index in [1.165, 1.54) is 19.3 Å². The predicted molar refractivity (Wildman–Crippen MR) is 94.8 cm³/mol. The quantitative estimate of drug-likeness (QED) is 0.564. The minimum atomic E-state index is -0.778. The summed E-state index contributed by atoms with van der Waals surface area (Å²) in [6, 6.07) is 6.22. The van der Waals surface area contributed by atoms with E-state index in [2.05, 4.69) is 10.1 Å². The first-order valence-electron chi connectivity index (χ1n) is 7.85. The highest BCUT2D eigenvalue weighted by Crippen LogP contribution is 2.16. The number of hydrogen-bond donors (Lipinski definition) is 1. The SMILES string of the molecule is CC[C@H](C)[C@H](NC(=O)COC(=O)/C=C/c1ccccc1Cl)C(=O)OC. The molecular weight excluding hydrogens is 346 g/mol. The van der Waals surface area contributed by atoms with Gasteiger partial charge >= 0.3 is 11.9 Å². The number of carbonyl (C=O) groups is 3. The van der Waals surface area contributed by atoms with Gasteiger partial charge in [-0.1, -0.05) is 50.1 Å². The van der Waals surface area contributed by atoms with Crippen LogP contribution in [-0.2, 0) is 23.9 Å². The van der Waals surface area contributed by atoms with Crippen LogP contribution in [0.15, 0.2) is 30.3 Å². The molecule has 0 aliphatic rings. The number of rotatable bonds is 8. The zero-order valence-electron chi connectivity index (χ0n) is 14.5. The zero-order chi connectivity index (χ0) is 18.8. The summed E-state index contributed by atoms with van der Waals surface area (Å²) in [5, 5.41) is 3.02. The molecule has 0 heterocycles. The lowest BCUT2D eigenvalue weighted by Crippen LogP contribution is -2.47. The molecule has 0 fully saturated rings. The zero-order valence-corrected chi connectivity index (χ0v) is 15.2. The fourth-order valence-corrected chi connectivity index (χ4v) is 2.16. The number of benzene rings is 1. The van der Waals surface area contributed by atoms with Gasteiger partial charge in [0.2, 0.25) is 0 Å². The van der Waals surface area contributed by atoms with Crippen LogP contribution in [0.5, 0.6) is 0 Å². The second-order valence-electron chi connectivity index (χ2n) is 5.42. The smallest absolute Gasteiger partial charge is 0.331 e. The average Bonchev–Trinajstić information content (AvgIpc) is 2.62. The van der Waals surface area contributed by atoms with Crippen molar-refractivity contribution in [3.63, 3.8) is 0 Å². The minimum Gasteiger partial charge on any atom is -0.467 e. The Morgan fingerprint density at radius 2 is 1.96 bits per heavy atom. The molecule has 7 heteroatoms. The van der Waals surface area contributed by atoms with E-state index in [0.717, 1.165) is 0 Å². The third kappa shape index (κ3) is 6.97. The third-order valence-electron chi connectivity index (χ3n) is 3.63. The van der Waals surface area contributed by atoms with E-state index >= 15 is 0 Å². The molecule has 0 saturated carbocycles. The molecule has 25 heavy (non-hydrogen) atoms. The first-order valence-corrected chi connectivity index (χ1v) is 8.23. The number of hydrogen-bond acceptors (Lipinski definition) is 5. The molecule has 0 unspecified atom stereocenters. The van der Waals surface area contributed by atoms with Crippen molar-refractivity contribution >= 4 is 35.5 Å². The maximum Gasteiger partial charge on any atom is 0.331 e. The van der Waals surface area contributed by atoms with Gasteiger partial charge in [-0.3, -0.25) is 4.79 Å². The molecule has 0 aromatic heterocycles. The normalized spacial score (nSPS) is 13.1. The molecule has 1 amide bonds. The van der Waals surface area contributed by atoms with Gasteiger partial charge in [-0.15, -0.1) is 0 Å². The molecule has 0 aliphatic carbocycles. The number of esters is 2. The van der Waals surface area contributed by atoms with Crippen LogP contribution in [0.2, 0.25) is 5.02 Å². The number of nitrogens with one attached hydrogen (secondary N) is 1. The van der Waals surface area contributed by atoms with Crippen molar-refractivity contribution in [3.8, 4) is 0 Å². The summed E-state index contributed by atoms with van der Waals surface area (Å²) in [5.74, 6) is -1.90. The largest absolute Gasteiger partial charge is 0.467 e. The molecule has 0 spiro atoms. The summed E-state index contributed by atoms with van der Waals surface area (Å²) in [7, 11) is 1.25. The average molecular weight is 368 g/mol. The molecule has 0 radical (unpaired) electrons. The van der Waals surface area contributed by atoms with Gasteiger partial charge in [0.25, 0.3) is 5.91 Å².